The average Bonchev–Trinajstić information content (AvgIpc) is 3.49. The topological polar surface area (TPSA) is 89.5 Å². The van der Waals surface area contributed by atoms with Crippen LogP contribution in [0, 0.1) is 17.7 Å². The molecule has 2 saturated carbocycles. The van der Waals surface area contributed by atoms with Gasteiger partial charge in [-0.2, -0.15) is 0 Å². The number of carbonyl (C=O) groups is 2. The summed E-state index contributed by atoms with van der Waals surface area (Å²) in [5, 5.41) is 2.36. The SMILES string of the molecule is O=C1CCC(CCCCCS(=O)(=O)CC2(c3ccc(F)c(OCC4CCC4)c3)CC2)C(=O)N1. The van der Waals surface area contributed by atoms with E-state index in [2.05, 4.69) is 5.32 Å². The van der Waals surface area contributed by atoms with Crippen LogP contribution in [0.4, 0.5) is 4.39 Å². The molecule has 1 saturated heterocycles. The Morgan fingerprint density at radius 2 is 1.88 bits per heavy atom. The molecule has 0 radical (unpaired) electrons. The van der Waals surface area contributed by atoms with Crippen molar-refractivity contribution < 1.29 is 27.1 Å². The first-order valence-electron chi connectivity index (χ1n) is 12.2. The van der Waals surface area contributed by atoms with Crippen LogP contribution in [0.2, 0.25) is 0 Å². The summed E-state index contributed by atoms with van der Waals surface area (Å²) >= 11 is 0. The number of amides is 2. The third-order valence-corrected chi connectivity index (χ3v) is 9.36. The lowest BCUT2D eigenvalue weighted by Gasteiger charge is -2.25. The van der Waals surface area contributed by atoms with Crippen LogP contribution in [0.3, 0.4) is 0 Å². The molecule has 1 N–H and O–H groups in total. The molecule has 8 heteroatoms. The van der Waals surface area contributed by atoms with Gasteiger partial charge in [0, 0.05) is 17.8 Å². The van der Waals surface area contributed by atoms with Crippen LogP contribution in [0.5, 0.6) is 5.75 Å². The molecule has 33 heavy (non-hydrogen) atoms. The van der Waals surface area contributed by atoms with Crippen LogP contribution in [0.25, 0.3) is 0 Å². The molecule has 4 rings (SSSR count). The van der Waals surface area contributed by atoms with E-state index in [4.69, 9.17) is 4.74 Å². The summed E-state index contributed by atoms with van der Waals surface area (Å²) in [6.07, 6.45) is 8.73. The van der Waals surface area contributed by atoms with Crippen molar-refractivity contribution in [2.24, 2.45) is 11.8 Å². The van der Waals surface area contributed by atoms with Crippen LogP contribution in [0.15, 0.2) is 18.2 Å². The van der Waals surface area contributed by atoms with E-state index < -0.39 is 21.1 Å². The molecule has 0 aromatic heterocycles. The van der Waals surface area contributed by atoms with Crippen LogP contribution < -0.4 is 10.1 Å². The second-order valence-corrected chi connectivity index (χ2v) is 12.3. The number of unbranched alkanes of at least 4 members (excludes halogenated alkanes) is 2. The molecule has 1 heterocycles. The van der Waals surface area contributed by atoms with Gasteiger partial charge in [0.1, 0.15) is 0 Å². The summed E-state index contributed by atoms with van der Waals surface area (Å²) in [5.74, 6) is -0.0211. The Balaban J connectivity index is 1.24. The van der Waals surface area contributed by atoms with Crippen molar-refractivity contribution >= 4 is 21.7 Å². The highest BCUT2D eigenvalue weighted by atomic mass is 32.2. The maximum absolute atomic E-state index is 14.2. The third-order valence-electron chi connectivity index (χ3n) is 7.45. The molecule has 1 aliphatic heterocycles. The van der Waals surface area contributed by atoms with Gasteiger partial charge in [0.05, 0.1) is 18.1 Å². The van der Waals surface area contributed by atoms with Gasteiger partial charge >= 0.3 is 0 Å². The maximum atomic E-state index is 14.2. The van der Waals surface area contributed by atoms with Crippen molar-refractivity contribution in [2.75, 3.05) is 18.1 Å². The van der Waals surface area contributed by atoms with E-state index in [1.54, 1.807) is 12.1 Å². The number of carbonyl (C=O) groups excluding carboxylic acids is 2. The van der Waals surface area contributed by atoms with Gasteiger partial charge < -0.3 is 4.74 Å². The Bertz CT molecular complexity index is 985. The number of rotatable bonds is 12. The quantitative estimate of drug-likeness (QED) is 0.361. The van der Waals surface area contributed by atoms with Crippen LogP contribution in [0.1, 0.15) is 76.2 Å². The molecule has 0 spiro atoms. The third kappa shape index (κ3) is 6.34. The number of imide groups is 1. The second-order valence-electron chi connectivity index (χ2n) is 10.1. The van der Waals surface area contributed by atoms with Crippen molar-refractivity contribution in [3.8, 4) is 5.75 Å². The molecule has 182 valence electrons. The smallest absolute Gasteiger partial charge is 0.229 e. The second kappa shape index (κ2) is 10.1. The molecule has 6 nitrogen and oxygen atoms in total. The van der Waals surface area contributed by atoms with E-state index in [0.29, 0.717) is 38.2 Å². The molecule has 2 aliphatic carbocycles. The maximum Gasteiger partial charge on any atom is 0.229 e. The van der Waals surface area contributed by atoms with Gasteiger partial charge in [0.15, 0.2) is 21.4 Å². The highest BCUT2D eigenvalue weighted by Gasteiger charge is 2.47. The fourth-order valence-electron chi connectivity index (χ4n) is 4.87. The Labute approximate surface area is 195 Å². The highest BCUT2D eigenvalue weighted by molar-refractivity contribution is 7.91. The Kier molecular flexibility index (Phi) is 7.41. The van der Waals surface area contributed by atoms with Gasteiger partial charge in [-0.3, -0.25) is 14.9 Å². The lowest BCUT2D eigenvalue weighted by molar-refractivity contribution is -0.136. The van der Waals surface area contributed by atoms with Gasteiger partial charge in [-0.05, 0) is 68.6 Å². The van der Waals surface area contributed by atoms with Crippen LogP contribution in [-0.2, 0) is 24.8 Å². The summed E-state index contributed by atoms with van der Waals surface area (Å²) < 4.78 is 45.6. The van der Waals surface area contributed by atoms with Crippen LogP contribution in [-0.4, -0.2) is 38.3 Å². The minimum Gasteiger partial charge on any atom is -0.490 e. The molecule has 1 aromatic carbocycles. The summed E-state index contributed by atoms with van der Waals surface area (Å²) in [7, 11) is -3.25. The van der Waals surface area contributed by atoms with Crippen LogP contribution >= 0.6 is 0 Å². The van der Waals surface area contributed by atoms with E-state index >= 15 is 0 Å². The number of sulfone groups is 1. The summed E-state index contributed by atoms with van der Waals surface area (Å²) in [5.41, 5.74) is 0.433. The largest absolute Gasteiger partial charge is 0.490 e. The molecule has 2 amide bonds. The molecule has 3 fully saturated rings. The van der Waals surface area contributed by atoms with Gasteiger partial charge in [0.2, 0.25) is 11.8 Å². The molecule has 1 aromatic rings. The van der Waals surface area contributed by atoms with Gasteiger partial charge in [-0.1, -0.05) is 25.3 Å². The molecule has 1 unspecified atom stereocenters. The van der Waals surface area contributed by atoms with Crippen molar-refractivity contribution in [3.63, 3.8) is 0 Å². The summed E-state index contributed by atoms with van der Waals surface area (Å²) in [6, 6.07) is 4.80. The highest BCUT2D eigenvalue weighted by Crippen LogP contribution is 2.50. The number of piperidine rings is 1. The molecule has 0 bridgehead atoms. The Morgan fingerprint density at radius 1 is 1.09 bits per heavy atom. The van der Waals surface area contributed by atoms with Crippen molar-refractivity contribution in [1.82, 2.24) is 5.32 Å². The number of hydrogen-bond acceptors (Lipinski definition) is 5. The van der Waals surface area contributed by atoms with Gasteiger partial charge in [0.25, 0.3) is 0 Å². The number of halogens is 1. The lowest BCUT2D eigenvalue weighted by atomic mass is 9.86. The number of benzene rings is 1. The first-order valence-corrected chi connectivity index (χ1v) is 14.1. The van der Waals surface area contributed by atoms with E-state index in [0.717, 1.165) is 44.1 Å². The normalized spacial score (nSPS) is 22.5. The Hall–Kier alpha value is -1.96. The molecule has 1 atom stereocenters. The predicted molar refractivity (Wildman–Crippen MR) is 123 cm³/mol. The number of hydrogen-bond donors (Lipinski definition) is 1. The predicted octanol–water partition coefficient (Wildman–Crippen LogP) is 4.06. The minimum atomic E-state index is -3.25. The number of nitrogens with one attached hydrogen (secondary N) is 1. The first-order chi connectivity index (χ1) is 15.8. The average molecular weight is 480 g/mol. The van der Waals surface area contributed by atoms with E-state index in [1.165, 1.54) is 12.5 Å². The van der Waals surface area contributed by atoms with E-state index in [-0.39, 0.29) is 35.0 Å². The standard InChI is InChI=1S/C25H34FNO5S/c26-21-10-9-20(15-22(21)32-16-18-5-4-6-18)25(12-13-25)17-33(30,31)14-3-1-2-7-19-8-11-23(28)27-24(19)29/h9-10,15,18-19H,1-8,11-14,16-17H2,(H,27,28,29). The lowest BCUT2D eigenvalue weighted by Crippen LogP contribution is -2.40. The van der Waals surface area contributed by atoms with Gasteiger partial charge in [-0.15, -0.1) is 0 Å². The summed E-state index contributed by atoms with van der Waals surface area (Å²) in [6.45, 7) is 0.518. The van der Waals surface area contributed by atoms with E-state index in [9.17, 15) is 22.4 Å². The molecule has 3 aliphatic rings. The van der Waals surface area contributed by atoms with E-state index in [1.807, 2.05) is 0 Å². The Morgan fingerprint density at radius 3 is 2.55 bits per heavy atom. The molecular weight excluding hydrogens is 445 g/mol. The fraction of sp³-hybridized carbons (Fsp3) is 0.680. The monoisotopic (exact) mass is 479 g/mol. The van der Waals surface area contributed by atoms with Crippen molar-refractivity contribution in [3.05, 3.63) is 29.6 Å². The minimum absolute atomic E-state index is 0.0842. The molecular formula is C25H34FNO5S. The van der Waals surface area contributed by atoms with Crippen molar-refractivity contribution in [2.45, 2.75) is 76.0 Å². The van der Waals surface area contributed by atoms with Gasteiger partial charge in [-0.25, -0.2) is 12.8 Å². The fourth-order valence-corrected chi connectivity index (χ4v) is 6.96. The summed E-state index contributed by atoms with van der Waals surface area (Å²) in [4.78, 5) is 23.0. The zero-order valence-corrected chi connectivity index (χ0v) is 19.9. The zero-order chi connectivity index (χ0) is 23.5. The first kappa shape index (κ1) is 24.2. The zero-order valence-electron chi connectivity index (χ0n) is 19.1. The van der Waals surface area contributed by atoms with Crippen molar-refractivity contribution in [1.29, 1.82) is 0 Å². The number of ether oxygens (including phenoxy) is 1.